The van der Waals surface area contributed by atoms with Gasteiger partial charge in [-0.15, -0.1) is 0 Å². The van der Waals surface area contributed by atoms with Gasteiger partial charge in [0, 0.05) is 19.2 Å². The first-order valence-electron chi connectivity index (χ1n) is 8.15. The molecule has 5 heteroatoms. The molecule has 3 rings (SSSR count). The van der Waals surface area contributed by atoms with Crippen LogP contribution in [0.5, 0.6) is 0 Å². The normalized spacial score (nSPS) is 11.2. The highest BCUT2D eigenvalue weighted by Crippen LogP contribution is 2.26. The summed E-state index contributed by atoms with van der Waals surface area (Å²) in [6.45, 7) is 6.70. The quantitative estimate of drug-likeness (QED) is 0.801. The summed E-state index contributed by atoms with van der Waals surface area (Å²) >= 11 is 0. The van der Waals surface area contributed by atoms with Crippen LogP contribution in [-0.4, -0.2) is 27.2 Å². The number of carbonyl (C=O) groups is 1. The van der Waals surface area contributed by atoms with Crippen LogP contribution in [0.25, 0.3) is 22.3 Å². The van der Waals surface area contributed by atoms with E-state index in [4.69, 9.17) is 4.98 Å². The molecule has 0 aliphatic heterocycles. The van der Waals surface area contributed by atoms with Crippen molar-refractivity contribution in [3.8, 4) is 11.3 Å². The Balaban J connectivity index is 2.16. The van der Waals surface area contributed by atoms with Gasteiger partial charge in [-0.3, -0.25) is 9.48 Å². The summed E-state index contributed by atoms with van der Waals surface area (Å²) in [5, 5.41) is 8.26. The van der Waals surface area contributed by atoms with Gasteiger partial charge in [0.05, 0.1) is 22.3 Å². The summed E-state index contributed by atoms with van der Waals surface area (Å²) in [6, 6.07) is 11.7. The lowest BCUT2D eigenvalue weighted by molar-refractivity contribution is 0.0950. The Labute approximate surface area is 141 Å². The Morgan fingerprint density at radius 1 is 1.25 bits per heavy atom. The highest BCUT2D eigenvalue weighted by Gasteiger charge is 2.19. The van der Waals surface area contributed by atoms with Crippen molar-refractivity contribution in [3.63, 3.8) is 0 Å². The molecule has 0 aliphatic rings. The summed E-state index contributed by atoms with van der Waals surface area (Å²) in [7, 11) is 1.85. The topological polar surface area (TPSA) is 59.8 Å². The first kappa shape index (κ1) is 16.2. The predicted molar refractivity (Wildman–Crippen MR) is 95.9 cm³/mol. The molecular formula is C19H22N4O. The highest BCUT2D eigenvalue weighted by atomic mass is 16.1. The average molecular weight is 322 g/mol. The van der Waals surface area contributed by atoms with E-state index >= 15 is 0 Å². The molecule has 0 fully saturated rings. The van der Waals surface area contributed by atoms with E-state index in [1.165, 1.54) is 0 Å². The zero-order valence-electron chi connectivity index (χ0n) is 14.5. The van der Waals surface area contributed by atoms with E-state index in [0.29, 0.717) is 18.0 Å². The van der Waals surface area contributed by atoms with Crippen LogP contribution in [0.15, 0.2) is 36.4 Å². The SMILES string of the molecule is Cc1nn(C)c2nc(-c3ccccc3)cc(C(=O)NCC(C)C)c12. The molecule has 0 unspecified atom stereocenters. The second-order valence-electron chi connectivity index (χ2n) is 6.43. The van der Waals surface area contributed by atoms with Crippen molar-refractivity contribution in [3.05, 3.63) is 47.7 Å². The van der Waals surface area contributed by atoms with Gasteiger partial charge in [0.25, 0.3) is 5.91 Å². The maximum absolute atomic E-state index is 12.7. The molecule has 0 bridgehead atoms. The van der Waals surface area contributed by atoms with Gasteiger partial charge >= 0.3 is 0 Å². The monoisotopic (exact) mass is 322 g/mol. The fourth-order valence-electron chi connectivity index (χ4n) is 2.77. The number of carbonyl (C=O) groups excluding carboxylic acids is 1. The summed E-state index contributed by atoms with van der Waals surface area (Å²) in [6.07, 6.45) is 0. The average Bonchev–Trinajstić information content (AvgIpc) is 2.87. The van der Waals surface area contributed by atoms with E-state index in [1.54, 1.807) is 4.68 Å². The highest BCUT2D eigenvalue weighted by molar-refractivity contribution is 6.07. The van der Waals surface area contributed by atoms with Crippen LogP contribution in [0.4, 0.5) is 0 Å². The van der Waals surface area contributed by atoms with Gasteiger partial charge in [0.1, 0.15) is 0 Å². The molecule has 0 radical (unpaired) electrons. The smallest absolute Gasteiger partial charge is 0.252 e. The van der Waals surface area contributed by atoms with Crippen molar-refractivity contribution < 1.29 is 4.79 Å². The van der Waals surface area contributed by atoms with Gasteiger partial charge in [-0.2, -0.15) is 5.10 Å². The molecule has 1 amide bonds. The molecule has 0 aliphatic carbocycles. The summed E-state index contributed by atoms with van der Waals surface area (Å²) in [5.74, 6) is 0.319. The second kappa shape index (κ2) is 6.43. The Kier molecular flexibility index (Phi) is 4.34. The number of hydrogen-bond donors (Lipinski definition) is 1. The largest absolute Gasteiger partial charge is 0.352 e. The fourth-order valence-corrected chi connectivity index (χ4v) is 2.77. The summed E-state index contributed by atoms with van der Waals surface area (Å²) in [4.78, 5) is 17.5. The van der Waals surface area contributed by atoms with Crippen LogP contribution in [0.2, 0.25) is 0 Å². The van der Waals surface area contributed by atoms with Crippen molar-refractivity contribution in [2.24, 2.45) is 13.0 Å². The lowest BCUT2D eigenvalue weighted by Crippen LogP contribution is -2.27. The zero-order chi connectivity index (χ0) is 17.3. The lowest BCUT2D eigenvalue weighted by Gasteiger charge is -2.10. The number of hydrogen-bond acceptors (Lipinski definition) is 3. The molecule has 3 aromatic rings. The van der Waals surface area contributed by atoms with Crippen molar-refractivity contribution in [2.75, 3.05) is 6.54 Å². The molecule has 124 valence electrons. The fraction of sp³-hybridized carbons (Fsp3) is 0.316. The lowest BCUT2D eigenvalue weighted by atomic mass is 10.0. The van der Waals surface area contributed by atoms with Crippen molar-refractivity contribution in [2.45, 2.75) is 20.8 Å². The number of nitrogens with zero attached hydrogens (tertiary/aromatic N) is 3. The number of nitrogens with one attached hydrogen (secondary N) is 1. The first-order chi connectivity index (χ1) is 11.5. The van der Waals surface area contributed by atoms with Gasteiger partial charge in [0.2, 0.25) is 0 Å². The number of amides is 1. The molecule has 2 heterocycles. The first-order valence-corrected chi connectivity index (χ1v) is 8.15. The van der Waals surface area contributed by atoms with Crippen LogP contribution in [0.3, 0.4) is 0 Å². The van der Waals surface area contributed by atoms with Gasteiger partial charge in [-0.1, -0.05) is 44.2 Å². The predicted octanol–water partition coefficient (Wildman–Crippen LogP) is 3.33. The number of rotatable bonds is 4. The minimum Gasteiger partial charge on any atom is -0.352 e. The van der Waals surface area contributed by atoms with Crippen LogP contribution < -0.4 is 5.32 Å². The van der Waals surface area contributed by atoms with Crippen molar-refractivity contribution >= 4 is 16.9 Å². The molecule has 0 atom stereocenters. The molecule has 0 saturated heterocycles. The molecule has 0 spiro atoms. The Morgan fingerprint density at radius 3 is 2.62 bits per heavy atom. The van der Waals surface area contributed by atoms with E-state index in [0.717, 1.165) is 28.0 Å². The van der Waals surface area contributed by atoms with E-state index in [1.807, 2.05) is 50.4 Å². The number of aromatic nitrogens is 3. The van der Waals surface area contributed by atoms with Gasteiger partial charge in [-0.25, -0.2) is 4.98 Å². The molecule has 0 saturated carbocycles. The maximum Gasteiger partial charge on any atom is 0.252 e. The van der Waals surface area contributed by atoms with E-state index < -0.39 is 0 Å². The standard InChI is InChI=1S/C19H22N4O/c1-12(2)11-20-19(24)15-10-16(14-8-6-5-7-9-14)21-18-17(15)13(3)22-23(18)4/h5-10,12H,11H2,1-4H3,(H,20,24). The summed E-state index contributed by atoms with van der Waals surface area (Å²) in [5.41, 5.74) is 3.93. The van der Waals surface area contributed by atoms with Crippen LogP contribution >= 0.6 is 0 Å². The van der Waals surface area contributed by atoms with Gasteiger partial charge in [-0.05, 0) is 18.9 Å². The third kappa shape index (κ3) is 3.02. The minimum atomic E-state index is -0.0793. The van der Waals surface area contributed by atoms with E-state index in [-0.39, 0.29) is 5.91 Å². The molecule has 1 aromatic carbocycles. The van der Waals surface area contributed by atoms with Crippen LogP contribution in [0.1, 0.15) is 29.9 Å². The Hall–Kier alpha value is -2.69. The number of benzene rings is 1. The second-order valence-corrected chi connectivity index (χ2v) is 6.43. The minimum absolute atomic E-state index is 0.0793. The van der Waals surface area contributed by atoms with Crippen LogP contribution in [-0.2, 0) is 7.05 Å². The molecule has 2 aromatic heterocycles. The molecule has 1 N–H and O–H groups in total. The number of fused-ring (bicyclic) bond motifs is 1. The molecule has 5 nitrogen and oxygen atoms in total. The molecular weight excluding hydrogens is 300 g/mol. The van der Waals surface area contributed by atoms with Crippen molar-refractivity contribution in [1.29, 1.82) is 0 Å². The summed E-state index contributed by atoms with van der Waals surface area (Å²) < 4.78 is 1.73. The molecule has 24 heavy (non-hydrogen) atoms. The zero-order valence-corrected chi connectivity index (χ0v) is 14.5. The number of aryl methyl sites for hydroxylation is 2. The third-order valence-electron chi connectivity index (χ3n) is 3.95. The Morgan fingerprint density at radius 2 is 1.96 bits per heavy atom. The third-order valence-corrected chi connectivity index (χ3v) is 3.95. The Bertz CT molecular complexity index is 881. The number of pyridine rings is 1. The van der Waals surface area contributed by atoms with Gasteiger partial charge in [0.15, 0.2) is 5.65 Å². The van der Waals surface area contributed by atoms with Crippen LogP contribution in [0, 0.1) is 12.8 Å². The van der Waals surface area contributed by atoms with Gasteiger partial charge < -0.3 is 5.32 Å². The van der Waals surface area contributed by atoms with E-state index in [9.17, 15) is 4.79 Å². The van der Waals surface area contributed by atoms with E-state index in [2.05, 4.69) is 24.3 Å². The van der Waals surface area contributed by atoms with Crippen molar-refractivity contribution in [1.82, 2.24) is 20.1 Å². The maximum atomic E-state index is 12.7.